The molecule has 44 heteroatoms. The van der Waals surface area contributed by atoms with Crippen LogP contribution in [0.15, 0.2) is 48.5 Å². The van der Waals surface area contributed by atoms with Gasteiger partial charge >= 0.3 is 119 Å². The van der Waals surface area contributed by atoms with Crippen LogP contribution in [0, 0.1) is 0 Å². The van der Waals surface area contributed by atoms with E-state index in [4.69, 9.17) is 0 Å². The second-order valence-electron chi connectivity index (χ2n) is 17.1. The van der Waals surface area contributed by atoms with E-state index in [0.29, 0.717) is 0 Å². The molecule has 480 valence electrons. The lowest BCUT2D eigenvalue weighted by atomic mass is 9.86. The van der Waals surface area contributed by atoms with Crippen LogP contribution in [0.2, 0.25) is 0 Å². The third-order valence-electron chi connectivity index (χ3n) is 10.9. The van der Waals surface area contributed by atoms with Gasteiger partial charge in [-0.25, -0.2) is 9.59 Å². The summed E-state index contributed by atoms with van der Waals surface area (Å²) < 4.78 is 526. The number of halogens is 38. The average molecular weight is 1310 g/mol. The molecule has 83 heavy (non-hydrogen) atoms. The first-order valence-corrected chi connectivity index (χ1v) is 20.5. The van der Waals surface area contributed by atoms with Crippen LogP contribution in [-0.4, -0.2) is 132 Å². The second kappa shape index (κ2) is 21.7. The van der Waals surface area contributed by atoms with Crippen molar-refractivity contribution in [2.75, 3.05) is 10.6 Å². The lowest BCUT2D eigenvalue weighted by molar-refractivity contribution is -0.469. The third-order valence-corrected chi connectivity index (χ3v) is 10.9. The normalized spacial score (nSPS) is 16.1. The van der Waals surface area contributed by atoms with Gasteiger partial charge in [0.1, 0.15) is 12.2 Å². The maximum Gasteiger partial charge on any atom is 0.460 e. The standard InChI is InChI=1S/C39H24F38N2O4/c1-14(12-22(40,41)24(44,45)26(48,49)28(52,53)30(56,57)32(60,61)34(64,65)36(68,69)38(72,73)74)82-20(80)78-18-7-3-16(4-8-18)11-17-5-9-19(10-6-17)79-21(81)83-15(2)13-23(42,43)25(46,47)27(50,51)29(54,55)31(58,59)33(62,63)35(66,67)37(70,71)39(75,76)77/h3-10,14-15H,11-13H2,1-2H3,(H,78,80)(H,79,81). The molecule has 0 aliphatic heterocycles. The van der Waals surface area contributed by atoms with Crippen molar-refractivity contribution in [3.63, 3.8) is 0 Å². The molecule has 2 unspecified atom stereocenters. The molecule has 0 saturated carbocycles. The van der Waals surface area contributed by atoms with Crippen LogP contribution in [0.1, 0.15) is 37.8 Å². The molecule has 0 aromatic heterocycles. The molecule has 6 nitrogen and oxygen atoms in total. The SMILES string of the molecule is CC(CC(F)(F)C(F)(F)C(F)(F)C(F)(F)C(F)(F)C(F)(F)C(F)(F)C(F)(F)C(F)(F)F)OC(=O)Nc1ccc(Cc2ccc(NC(=O)OC(C)CC(F)(F)C(F)(F)C(F)(F)C(F)(F)C(F)(F)C(F)(F)C(F)(F)C(F)(F)C(F)(F)F)cc2)cc1. The van der Waals surface area contributed by atoms with Crippen molar-refractivity contribution in [3.8, 4) is 0 Å². The molecule has 0 radical (unpaired) electrons. The Bertz CT molecular complexity index is 2410. The highest BCUT2D eigenvalue weighted by Gasteiger charge is 2.98. The second-order valence-corrected chi connectivity index (χ2v) is 17.1. The van der Waals surface area contributed by atoms with Crippen molar-refractivity contribution in [2.24, 2.45) is 0 Å². The van der Waals surface area contributed by atoms with E-state index < -0.39 is 156 Å². The van der Waals surface area contributed by atoms with Gasteiger partial charge in [0, 0.05) is 11.4 Å². The zero-order valence-corrected chi connectivity index (χ0v) is 38.9. The van der Waals surface area contributed by atoms with E-state index in [1.54, 1.807) is 10.6 Å². The summed E-state index contributed by atoms with van der Waals surface area (Å²) in [5.41, 5.74) is -0.715. The van der Waals surface area contributed by atoms with Crippen molar-refractivity contribution < 1.29 is 186 Å². The van der Waals surface area contributed by atoms with E-state index >= 15 is 0 Å². The van der Waals surface area contributed by atoms with Gasteiger partial charge in [-0.3, -0.25) is 10.6 Å². The van der Waals surface area contributed by atoms with Gasteiger partial charge in [0.05, 0.1) is 12.8 Å². The summed E-state index contributed by atoms with van der Waals surface area (Å²) in [4.78, 5) is 24.3. The summed E-state index contributed by atoms with van der Waals surface area (Å²) in [6.07, 6.45) is -32.9. The summed E-state index contributed by atoms with van der Waals surface area (Å²) in [7, 11) is 0. The molecule has 2 rings (SSSR count). The van der Waals surface area contributed by atoms with Gasteiger partial charge in [-0.1, -0.05) is 24.3 Å². The fourth-order valence-corrected chi connectivity index (χ4v) is 6.16. The van der Waals surface area contributed by atoms with E-state index in [2.05, 4.69) is 9.47 Å². The minimum Gasteiger partial charge on any atom is -0.446 e. The third kappa shape index (κ3) is 11.9. The number of ether oxygens (including phenoxy) is 2. The molecule has 0 bridgehead atoms. The molecule has 0 saturated heterocycles. The van der Waals surface area contributed by atoms with Crippen LogP contribution in [0.4, 0.5) is 188 Å². The lowest BCUT2D eigenvalue weighted by Crippen LogP contribution is -2.75. The number of alkyl halides is 38. The quantitative estimate of drug-likeness (QED) is 0.103. The predicted molar refractivity (Wildman–Crippen MR) is 195 cm³/mol. The number of carbonyl (C=O) groups is 2. The Hall–Kier alpha value is -5.68. The van der Waals surface area contributed by atoms with Crippen molar-refractivity contribution in [1.29, 1.82) is 0 Å². The zero-order valence-electron chi connectivity index (χ0n) is 38.9. The van der Waals surface area contributed by atoms with Gasteiger partial charge in [-0.05, 0) is 55.7 Å². The number of hydrogen-bond acceptors (Lipinski definition) is 4. The smallest absolute Gasteiger partial charge is 0.446 e. The maximum absolute atomic E-state index is 14.4. The molecule has 0 fully saturated rings. The van der Waals surface area contributed by atoms with Crippen molar-refractivity contribution in [1.82, 2.24) is 0 Å². The highest BCUT2D eigenvalue weighted by Crippen LogP contribution is 2.68. The molecule has 0 heterocycles. The zero-order chi connectivity index (χ0) is 66.2. The Morgan fingerprint density at radius 1 is 0.313 bits per heavy atom. The minimum atomic E-state index is -9.17. The Morgan fingerprint density at radius 2 is 0.494 bits per heavy atom. The molecule has 2 amide bonds. The Kier molecular flexibility index (Phi) is 19.2. The van der Waals surface area contributed by atoms with Crippen molar-refractivity contribution in [3.05, 3.63) is 59.7 Å². The van der Waals surface area contributed by atoms with E-state index in [1.807, 2.05) is 0 Å². The van der Waals surface area contributed by atoms with Crippen LogP contribution in [-0.2, 0) is 15.9 Å². The van der Waals surface area contributed by atoms with Gasteiger partial charge in [0.2, 0.25) is 0 Å². The molecule has 2 aromatic carbocycles. The van der Waals surface area contributed by atoms with E-state index in [-0.39, 0.29) is 31.4 Å². The van der Waals surface area contributed by atoms with Crippen LogP contribution in [0.25, 0.3) is 0 Å². The van der Waals surface area contributed by atoms with Crippen LogP contribution in [0.5, 0.6) is 0 Å². The van der Waals surface area contributed by atoms with Crippen molar-refractivity contribution in [2.45, 2.75) is 152 Å². The average Bonchev–Trinajstić information content (AvgIpc) is 3.28. The highest BCUT2D eigenvalue weighted by molar-refractivity contribution is 5.85. The summed E-state index contributed by atoms with van der Waals surface area (Å²) in [5, 5.41) is 3.27. The van der Waals surface area contributed by atoms with Crippen molar-refractivity contribution >= 4 is 23.6 Å². The van der Waals surface area contributed by atoms with E-state index in [0.717, 1.165) is 48.5 Å². The molecular weight excluding hydrogens is 1280 g/mol. The van der Waals surface area contributed by atoms with E-state index in [1.165, 1.54) is 0 Å². The van der Waals surface area contributed by atoms with Gasteiger partial charge in [0.15, 0.2) is 0 Å². The first-order chi connectivity index (χ1) is 36.2. The number of carbonyl (C=O) groups excluding carboxylic acids is 2. The number of nitrogens with one attached hydrogen (secondary N) is 2. The molecule has 2 aromatic rings. The minimum absolute atomic E-state index is 0.0358. The molecule has 2 atom stereocenters. The van der Waals surface area contributed by atoms with Crippen LogP contribution in [0.3, 0.4) is 0 Å². The summed E-state index contributed by atoms with van der Waals surface area (Å²) >= 11 is 0. The Labute approximate surface area is 432 Å². The molecule has 0 spiro atoms. The van der Waals surface area contributed by atoms with Gasteiger partial charge in [-0.2, -0.15) is 167 Å². The van der Waals surface area contributed by atoms with Gasteiger partial charge in [0.25, 0.3) is 0 Å². The first-order valence-electron chi connectivity index (χ1n) is 20.5. The summed E-state index contributed by atoms with van der Waals surface area (Å²) in [5.74, 6) is -138. The molecule has 2 N–H and O–H groups in total. The number of rotatable bonds is 24. The molecular formula is C39H24F38N2O4. The van der Waals surface area contributed by atoms with Crippen LogP contribution >= 0.6 is 0 Å². The fraction of sp³-hybridized carbons (Fsp3) is 0.641. The lowest BCUT2D eigenvalue weighted by Gasteiger charge is -2.44. The highest BCUT2D eigenvalue weighted by atomic mass is 19.4. The summed E-state index contributed by atoms with van der Waals surface area (Å²) in [6, 6.07) is 7.58. The number of anilines is 2. The number of hydrogen-bond donors (Lipinski definition) is 2. The topological polar surface area (TPSA) is 76.7 Å². The maximum atomic E-state index is 14.4. The number of benzene rings is 2. The largest absolute Gasteiger partial charge is 0.460 e. The van der Waals surface area contributed by atoms with Gasteiger partial charge < -0.3 is 9.47 Å². The Balaban J connectivity index is 2.14. The van der Waals surface area contributed by atoms with Crippen LogP contribution < -0.4 is 10.6 Å². The monoisotopic (exact) mass is 1310 g/mol. The molecule has 0 aliphatic rings. The first kappa shape index (κ1) is 73.4. The van der Waals surface area contributed by atoms with E-state index in [9.17, 15) is 176 Å². The fourth-order valence-electron chi connectivity index (χ4n) is 6.16. The van der Waals surface area contributed by atoms with Gasteiger partial charge in [-0.15, -0.1) is 0 Å². The number of amides is 2. The summed E-state index contributed by atoms with van der Waals surface area (Å²) in [6.45, 7) is 0.0715. The molecule has 0 aliphatic carbocycles. The predicted octanol–water partition coefficient (Wildman–Crippen LogP) is 17.2. The Morgan fingerprint density at radius 3 is 0.687 bits per heavy atom.